The number of carbonyl (C=O) groups is 2. The Kier molecular flexibility index (Phi) is 6.61. The Bertz CT molecular complexity index is 673. The van der Waals surface area contributed by atoms with Crippen LogP contribution in [0.5, 0.6) is 11.5 Å². The topological polar surface area (TPSA) is 64.6 Å². The number of carbonyl (C=O) groups excluding carboxylic acids is 2. The van der Waals surface area contributed by atoms with Crippen molar-refractivity contribution in [3.05, 3.63) is 44.6 Å². The maximum absolute atomic E-state index is 11.8. The molecule has 0 saturated heterocycles. The number of nitrogens with one attached hydrogen (secondary N) is 1. The van der Waals surface area contributed by atoms with E-state index < -0.39 is 0 Å². The fourth-order valence-corrected chi connectivity index (χ4v) is 3.01. The maximum Gasteiger partial charge on any atom is 0.257 e. The lowest BCUT2D eigenvalue weighted by Gasteiger charge is -2.12. The second-order valence-corrected chi connectivity index (χ2v) is 6.50. The lowest BCUT2D eigenvalue weighted by Crippen LogP contribution is -2.30. The molecule has 2 aromatic rings. The molecule has 0 radical (unpaired) electrons. The van der Waals surface area contributed by atoms with Crippen molar-refractivity contribution in [2.75, 3.05) is 20.3 Å². The van der Waals surface area contributed by atoms with Gasteiger partial charge in [-0.15, -0.1) is 11.3 Å². The van der Waals surface area contributed by atoms with Crippen molar-refractivity contribution in [1.29, 1.82) is 0 Å². The van der Waals surface area contributed by atoms with E-state index in [2.05, 4.69) is 21.2 Å². The van der Waals surface area contributed by atoms with Gasteiger partial charge in [-0.1, -0.05) is 6.07 Å². The average Bonchev–Trinajstić information content (AvgIpc) is 3.06. The van der Waals surface area contributed by atoms with E-state index in [-0.39, 0.29) is 12.5 Å². The van der Waals surface area contributed by atoms with Gasteiger partial charge in [-0.25, -0.2) is 0 Å². The second kappa shape index (κ2) is 8.69. The van der Waals surface area contributed by atoms with Crippen LogP contribution in [-0.2, 0) is 11.2 Å². The zero-order chi connectivity index (χ0) is 16.7. The van der Waals surface area contributed by atoms with Crippen LogP contribution in [0.1, 0.15) is 15.2 Å². The molecule has 0 unspecified atom stereocenters. The number of methoxy groups -OCH3 is 1. The first-order valence-corrected chi connectivity index (χ1v) is 8.56. The predicted molar refractivity (Wildman–Crippen MR) is 92.6 cm³/mol. The van der Waals surface area contributed by atoms with E-state index in [9.17, 15) is 9.59 Å². The third kappa shape index (κ3) is 5.07. The van der Waals surface area contributed by atoms with Gasteiger partial charge in [-0.3, -0.25) is 9.59 Å². The zero-order valence-corrected chi connectivity index (χ0v) is 14.9. The van der Waals surface area contributed by atoms with Crippen molar-refractivity contribution < 1.29 is 19.1 Å². The number of benzene rings is 1. The summed E-state index contributed by atoms with van der Waals surface area (Å²) in [7, 11) is 1.50. The first-order chi connectivity index (χ1) is 11.1. The van der Waals surface area contributed by atoms with Crippen LogP contribution in [0.4, 0.5) is 0 Å². The minimum absolute atomic E-state index is 0.138. The van der Waals surface area contributed by atoms with Crippen molar-refractivity contribution in [1.82, 2.24) is 5.32 Å². The molecule has 0 aliphatic carbocycles. The van der Waals surface area contributed by atoms with Crippen LogP contribution >= 0.6 is 27.3 Å². The molecule has 0 saturated carbocycles. The number of halogens is 1. The number of amides is 1. The smallest absolute Gasteiger partial charge is 0.257 e. The highest BCUT2D eigenvalue weighted by Gasteiger charge is 2.11. The largest absolute Gasteiger partial charge is 0.493 e. The average molecular weight is 398 g/mol. The summed E-state index contributed by atoms with van der Waals surface area (Å²) >= 11 is 4.93. The molecule has 0 spiro atoms. The molecular weight excluding hydrogens is 382 g/mol. The molecule has 122 valence electrons. The van der Waals surface area contributed by atoms with Crippen LogP contribution in [0, 0.1) is 0 Å². The minimum atomic E-state index is -0.223. The molecule has 23 heavy (non-hydrogen) atoms. The molecule has 7 heteroatoms. The second-order valence-electron chi connectivity index (χ2n) is 4.61. The minimum Gasteiger partial charge on any atom is -0.493 e. The Labute approximate surface area is 146 Å². The van der Waals surface area contributed by atoms with Crippen LogP contribution in [0.2, 0.25) is 0 Å². The highest BCUT2D eigenvalue weighted by molar-refractivity contribution is 9.10. The van der Waals surface area contributed by atoms with Crippen molar-refractivity contribution in [3.63, 3.8) is 0 Å². The summed E-state index contributed by atoms with van der Waals surface area (Å²) in [5.41, 5.74) is 0.430. The fraction of sp³-hybridized carbons (Fsp3) is 0.250. The summed E-state index contributed by atoms with van der Waals surface area (Å²) in [5, 5.41) is 4.80. The van der Waals surface area contributed by atoms with Gasteiger partial charge in [0.15, 0.2) is 24.4 Å². The fourth-order valence-electron chi connectivity index (χ4n) is 1.89. The van der Waals surface area contributed by atoms with Gasteiger partial charge in [0.2, 0.25) is 0 Å². The van der Waals surface area contributed by atoms with Crippen LogP contribution < -0.4 is 14.8 Å². The number of hydrogen-bond donors (Lipinski definition) is 1. The van der Waals surface area contributed by atoms with Gasteiger partial charge in [-0.05, 0) is 45.9 Å². The number of rotatable bonds is 8. The number of hydrogen-bond acceptors (Lipinski definition) is 5. The predicted octanol–water partition coefficient (Wildman–Crippen LogP) is 3.07. The first-order valence-electron chi connectivity index (χ1n) is 6.88. The summed E-state index contributed by atoms with van der Waals surface area (Å²) in [6.45, 7) is 0.417. The summed E-state index contributed by atoms with van der Waals surface area (Å²) in [6.07, 6.45) is 1.50. The quantitative estimate of drug-likeness (QED) is 0.695. The maximum atomic E-state index is 11.8. The van der Waals surface area contributed by atoms with E-state index >= 15 is 0 Å². The van der Waals surface area contributed by atoms with E-state index in [0.717, 1.165) is 6.42 Å². The molecule has 1 N–H and O–H groups in total. The van der Waals surface area contributed by atoms with Crippen LogP contribution in [-0.4, -0.2) is 32.5 Å². The van der Waals surface area contributed by atoms with E-state index in [1.807, 2.05) is 17.5 Å². The standard InChI is InChI=1S/C16H16BrNO4S/c1-21-14-8-13(17)11(9-19)7-15(14)22-10-16(20)18-5-4-12-3-2-6-23-12/h2-3,6-9H,4-5,10H2,1H3,(H,18,20). The third-order valence-electron chi connectivity index (χ3n) is 3.04. The number of thiophene rings is 1. The molecule has 1 amide bonds. The Morgan fingerprint density at radius 1 is 1.39 bits per heavy atom. The van der Waals surface area contributed by atoms with Crippen LogP contribution in [0.15, 0.2) is 34.1 Å². The van der Waals surface area contributed by atoms with Gasteiger partial charge in [0, 0.05) is 21.5 Å². The number of aldehydes is 1. The Hall–Kier alpha value is -1.86. The van der Waals surface area contributed by atoms with Crippen LogP contribution in [0.25, 0.3) is 0 Å². The lowest BCUT2D eigenvalue weighted by atomic mass is 10.2. The van der Waals surface area contributed by atoms with Gasteiger partial charge < -0.3 is 14.8 Å². The van der Waals surface area contributed by atoms with E-state index in [4.69, 9.17) is 9.47 Å². The summed E-state index contributed by atoms with van der Waals surface area (Å²) in [6, 6.07) is 7.18. The molecule has 0 aliphatic rings. The lowest BCUT2D eigenvalue weighted by molar-refractivity contribution is -0.123. The van der Waals surface area contributed by atoms with Gasteiger partial charge in [0.1, 0.15) is 0 Å². The van der Waals surface area contributed by atoms with Crippen molar-refractivity contribution in [2.24, 2.45) is 0 Å². The summed E-state index contributed by atoms with van der Waals surface area (Å²) in [5.74, 6) is 0.583. The molecule has 1 aromatic heterocycles. The molecule has 5 nitrogen and oxygen atoms in total. The van der Waals surface area contributed by atoms with Crippen molar-refractivity contribution in [3.8, 4) is 11.5 Å². The monoisotopic (exact) mass is 397 g/mol. The third-order valence-corrected chi connectivity index (χ3v) is 4.67. The summed E-state index contributed by atoms with van der Waals surface area (Å²) in [4.78, 5) is 24.0. The number of ether oxygens (including phenoxy) is 2. The molecular formula is C16H16BrNO4S. The van der Waals surface area contributed by atoms with Gasteiger partial charge in [0.25, 0.3) is 5.91 Å². The van der Waals surface area contributed by atoms with Crippen molar-refractivity contribution in [2.45, 2.75) is 6.42 Å². The Morgan fingerprint density at radius 2 is 2.22 bits per heavy atom. The molecule has 0 fully saturated rings. The van der Waals surface area contributed by atoms with E-state index in [1.165, 1.54) is 18.1 Å². The first kappa shape index (κ1) is 17.5. The normalized spacial score (nSPS) is 10.2. The Balaban J connectivity index is 1.86. The highest BCUT2D eigenvalue weighted by Crippen LogP contribution is 2.32. The van der Waals surface area contributed by atoms with Gasteiger partial charge in [-0.2, -0.15) is 0 Å². The molecule has 0 aliphatic heterocycles. The van der Waals surface area contributed by atoms with E-state index in [0.29, 0.717) is 34.4 Å². The molecule has 1 heterocycles. The molecule has 2 rings (SSSR count). The SMILES string of the molecule is COc1cc(Br)c(C=O)cc1OCC(=O)NCCc1cccs1. The molecule has 0 atom stereocenters. The molecule has 1 aromatic carbocycles. The summed E-state index contributed by atoms with van der Waals surface area (Å²) < 4.78 is 11.3. The van der Waals surface area contributed by atoms with E-state index in [1.54, 1.807) is 17.4 Å². The van der Waals surface area contributed by atoms with Crippen LogP contribution in [0.3, 0.4) is 0 Å². The highest BCUT2D eigenvalue weighted by atomic mass is 79.9. The van der Waals surface area contributed by atoms with Crippen molar-refractivity contribution >= 4 is 39.5 Å². The Morgan fingerprint density at radius 3 is 2.87 bits per heavy atom. The van der Waals surface area contributed by atoms with Gasteiger partial charge in [0.05, 0.1) is 7.11 Å². The molecule has 0 bridgehead atoms. The zero-order valence-electron chi connectivity index (χ0n) is 12.5. The van der Waals surface area contributed by atoms with Gasteiger partial charge >= 0.3 is 0 Å².